The van der Waals surface area contributed by atoms with E-state index in [-0.39, 0.29) is 5.91 Å². The quantitative estimate of drug-likeness (QED) is 0.760. The first-order chi connectivity index (χ1) is 13.3. The van der Waals surface area contributed by atoms with E-state index in [0.717, 1.165) is 28.1 Å². The smallest absolute Gasteiger partial charge is 0.254 e. The van der Waals surface area contributed by atoms with Gasteiger partial charge in [-0.3, -0.25) is 4.79 Å². The number of aryl methyl sites for hydroxylation is 3. The molecule has 2 atom stereocenters. The van der Waals surface area contributed by atoms with E-state index in [1.165, 1.54) is 4.90 Å². The van der Waals surface area contributed by atoms with Crippen LogP contribution in [0.1, 0.15) is 44.5 Å². The van der Waals surface area contributed by atoms with Crippen LogP contribution >= 0.6 is 0 Å². The van der Waals surface area contributed by atoms with Gasteiger partial charge in [-0.1, -0.05) is 18.2 Å². The molecule has 1 aliphatic carbocycles. The number of nitrogens with zero attached hydrogens (tertiary/aromatic N) is 3. The first kappa shape index (κ1) is 18.5. The molecular weight excluding hydrogens is 354 g/mol. The lowest BCUT2D eigenvalue weighted by Gasteiger charge is -2.21. The summed E-state index contributed by atoms with van der Waals surface area (Å²) in [6.07, 6.45) is 1.23. The predicted molar refractivity (Wildman–Crippen MR) is 107 cm³/mol. The van der Waals surface area contributed by atoms with Crippen molar-refractivity contribution in [2.45, 2.75) is 39.4 Å². The number of carbonyl (C=O) groups excluding carboxylic acids is 1. The summed E-state index contributed by atoms with van der Waals surface area (Å²) in [7, 11) is 3.44. The lowest BCUT2D eigenvalue weighted by molar-refractivity contribution is 0.0498. The van der Waals surface area contributed by atoms with E-state index in [2.05, 4.69) is 4.98 Å². The van der Waals surface area contributed by atoms with Crippen LogP contribution in [0.3, 0.4) is 0 Å². The Kier molecular flexibility index (Phi) is 4.38. The van der Waals surface area contributed by atoms with Crippen molar-refractivity contribution >= 4 is 11.6 Å². The summed E-state index contributed by atoms with van der Waals surface area (Å²) in [6, 6.07) is 7.78. The highest BCUT2D eigenvalue weighted by molar-refractivity contribution is 5.94. The van der Waals surface area contributed by atoms with E-state index in [1.54, 1.807) is 26.4 Å². The van der Waals surface area contributed by atoms with E-state index in [1.807, 2.05) is 43.4 Å². The summed E-state index contributed by atoms with van der Waals surface area (Å²) in [5.74, 6) is 0.394. The fraction of sp³-hybridized carbons (Fsp3) is 0.364. The average molecular weight is 379 g/mol. The fourth-order valence-corrected chi connectivity index (χ4v) is 3.93. The number of aromatic nitrogens is 2. The van der Waals surface area contributed by atoms with Crippen LogP contribution in [0, 0.1) is 20.8 Å². The summed E-state index contributed by atoms with van der Waals surface area (Å²) in [6.45, 7) is 5.93. The first-order valence-corrected chi connectivity index (χ1v) is 9.42. The molecule has 0 radical (unpaired) electrons. The third kappa shape index (κ3) is 2.85. The van der Waals surface area contributed by atoms with Crippen LogP contribution in [0.25, 0.3) is 5.65 Å². The van der Waals surface area contributed by atoms with Gasteiger partial charge < -0.3 is 19.1 Å². The molecule has 0 fully saturated rings. The highest BCUT2D eigenvalue weighted by Gasteiger charge is 2.35. The van der Waals surface area contributed by atoms with Crippen LogP contribution in [0.4, 0.5) is 0 Å². The number of imidazole rings is 1. The maximum absolute atomic E-state index is 12.6. The van der Waals surface area contributed by atoms with Gasteiger partial charge in [0.15, 0.2) is 17.5 Å². The molecule has 28 heavy (non-hydrogen) atoms. The minimum Gasteiger partial charge on any atom is -0.479 e. The number of aliphatic hydroxyl groups is 1. The van der Waals surface area contributed by atoms with Crippen molar-refractivity contribution in [2.24, 2.45) is 0 Å². The Bertz CT molecular complexity index is 1080. The van der Waals surface area contributed by atoms with Gasteiger partial charge in [0.2, 0.25) is 0 Å². The molecule has 0 saturated carbocycles. The van der Waals surface area contributed by atoms with Crippen molar-refractivity contribution in [2.75, 3.05) is 14.1 Å². The second-order valence-electron chi connectivity index (χ2n) is 7.73. The number of aliphatic hydroxyl groups excluding tert-OH is 1. The lowest BCUT2D eigenvalue weighted by atomic mass is 10.0. The van der Waals surface area contributed by atoms with Gasteiger partial charge in [0.25, 0.3) is 5.91 Å². The Balaban J connectivity index is 1.85. The van der Waals surface area contributed by atoms with Crippen LogP contribution in [0.2, 0.25) is 0 Å². The number of hydrogen-bond acceptors (Lipinski definition) is 4. The number of hydrogen-bond donors (Lipinski definition) is 1. The van der Waals surface area contributed by atoms with Gasteiger partial charge in [-0.25, -0.2) is 4.98 Å². The molecule has 1 aromatic carbocycles. The topological polar surface area (TPSA) is 67.1 Å². The summed E-state index contributed by atoms with van der Waals surface area (Å²) in [5.41, 5.74) is 6.22. The number of rotatable bonds is 3. The molecule has 3 aromatic rings. The van der Waals surface area contributed by atoms with Crippen molar-refractivity contribution < 1.29 is 14.6 Å². The van der Waals surface area contributed by atoms with E-state index in [9.17, 15) is 9.90 Å². The van der Waals surface area contributed by atoms with Crippen LogP contribution < -0.4 is 4.74 Å². The van der Waals surface area contributed by atoms with Crippen LogP contribution in [0.15, 0.2) is 30.5 Å². The Morgan fingerprint density at radius 1 is 1.29 bits per heavy atom. The standard InChI is InChI=1S/C22H25N3O3/c1-12-7-6-8-15-9-17(26)20(19(12)15)28-18-10-16(22(27)24(4)5)11-25-14(3)13(2)23-21(18)25/h6-8,10-11,17,20,26H,9H2,1-5H3/t17-,20-/m0/s1. The zero-order valence-electron chi connectivity index (χ0n) is 16.9. The molecule has 1 N–H and O–H groups in total. The van der Waals surface area contributed by atoms with Gasteiger partial charge in [0, 0.05) is 38.0 Å². The number of carbonyl (C=O) groups is 1. The van der Waals surface area contributed by atoms with Gasteiger partial charge in [0.1, 0.15) is 0 Å². The van der Waals surface area contributed by atoms with Gasteiger partial charge in [0.05, 0.1) is 17.4 Å². The van der Waals surface area contributed by atoms with E-state index >= 15 is 0 Å². The summed E-state index contributed by atoms with van der Waals surface area (Å²) >= 11 is 0. The van der Waals surface area contributed by atoms with E-state index in [4.69, 9.17) is 4.74 Å². The van der Waals surface area contributed by atoms with Crippen LogP contribution in [-0.4, -0.2) is 45.5 Å². The number of fused-ring (bicyclic) bond motifs is 2. The highest BCUT2D eigenvalue weighted by atomic mass is 16.5. The van der Waals surface area contributed by atoms with Crippen molar-refractivity contribution in [1.82, 2.24) is 14.3 Å². The molecule has 146 valence electrons. The number of benzene rings is 1. The molecular formula is C22H25N3O3. The Hall–Kier alpha value is -2.86. The zero-order chi connectivity index (χ0) is 20.2. The molecule has 1 aliphatic rings. The summed E-state index contributed by atoms with van der Waals surface area (Å²) < 4.78 is 8.23. The van der Waals surface area contributed by atoms with Crippen molar-refractivity contribution in [3.8, 4) is 5.75 Å². The Morgan fingerprint density at radius 2 is 2.04 bits per heavy atom. The van der Waals surface area contributed by atoms with Gasteiger partial charge in [-0.15, -0.1) is 0 Å². The molecule has 2 aromatic heterocycles. The Labute approximate surface area is 164 Å². The molecule has 4 rings (SSSR count). The van der Waals surface area contributed by atoms with Crippen molar-refractivity contribution in [3.63, 3.8) is 0 Å². The largest absolute Gasteiger partial charge is 0.479 e. The maximum Gasteiger partial charge on any atom is 0.254 e. The van der Waals surface area contributed by atoms with E-state index < -0.39 is 12.2 Å². The second-order valence-corrected chi connectivity index (χ2v) is 7.73. The molecule has 2 heterocycles. The molecule has 0 unspecified atom stereocenters. The fourth-order valence-electron chi connectivity index (χ4n) is 3.93. The summed E-state index contributed by atoms with van der Waals surface area (Å²) in [4.78, 5) is 18.8. The normalized spacial score (nSPS) is 18.4. The molecule has 6 nitrogen and oxygen atoms in total. The number of amides is 1. The van der Waals surface area contributed by atoms with Crippen LogP contribution in [0.5, 0.6) is 5.75 Å². The van der Waals surface area contributed by atoms with Gasteiger partial charge >= 0.3 is 0 Å². The van der Waals surface area contributed by atoms with Crippen LogP contribution in [-0.2, 0) is 6.42 Å². The van der Waals surface area contributed by atoms with Gasteiger partial charge in [-0.2, -0.15) is 0 Å². The van der Waals surface area contributed by atoms with Crippen molar-refractivity contribution in [3.05, 3.63) is 64.1 Å². The average Bonchev–Trinajstić information content (AvgIpc) is 3.12. The van der Waals surface area contributed by atoms with E-state index in [0.29, 0.717) is 23.4 Å². The third-order valence-corrected chi connectivity index (χ3v) is 5.55. The molecule has 0 bridgehead atoms. The zero-order valence-corrected chi connectivity index (χ0v) is 16.9. The number of pyridine rings is 1. The third-order valence-electron chi connectivity index (χ3n) is 5.55. The summed E-state index contributed by atoms with van der Waals surface area (Å²) in [5, 5.41) is 10.7. The van der Waals surface area contributed by atoms with Crippen molar-refractivity contribution in [1.29, 1.82) is 0 Å². The SMILES string of the molecule is Cc1cccc2c1[C@@H](Oc1cc(C(=O)N(C)C)cn3c(C)c(C)nc13)[C@@H](O)C2. The predicted octanol–water partition coefficient (Wildman–Crippen LogP) is 3.00. The molecule has 1 amide bonds. The molecule has 0 saturated heterocycles. The number of ether oxygens (including phenoxy) is 1. The molecule has 0 aliphatic heterocycles. The monoisotopic (exact) mass is 379 g/mol. The minimum absolute atomic E-state index is 0.110. The van der Waals surface area contributed by atoms with Gasteiger partial charge in [-0.05, 0) is 38.0 Å². The second kappa shape index (κ2) is 6.63. The highest BCUT2D eigenvalue weighted by Crippen LogP contribution is 2.38. The Morgan fingerprint density at radius 3 is 2.75 bits per heavy atom. The minimum atomic E-state index is -0.637. The molecule has 6 heteroatoms. The first-order valence-electron chi connectivity index (χ1n) is 9.42. The lowest BCUT2D eigenvalue weighted by Crippen LogP contribution is -2.23. The maximum atomic E-state index is 12.6. The molecule has 0 spiro atoms.